The van der Waals surface area contributed by atoms with E-state index in [2.05, 4.69) is 17.1 Å². The Hall–Kier alpha value is -1.08. The van der Waals surface area contributed by atoms with Gasteiger partial charge in [0.1, 0.15) is 5.82 Å². The molecule has 0 aliphatic carbocycles. The summed E-state index contributed by atoms with van der Waals surface area (Å²) in [7, 11) is 0. The van der Waals surface area contributed by atoms with Crippen molar-refractivity contribution >= 4 is 17.7 Å². The number of hydrogen-bond acceptors (Lipinski definition) is 5. The van der Waals surface area contributed by atoms with Gasteiger partial charge >= 0.3 is 0 Å². The molecule has 1 atom stereocenters. The van der Waals surface area contributed by atoms with Crippen LogP contribution in [-0.4, -0.2) is 50.5 Å². The zero-order chi connectivity index (χ0) is 15.2. The summed E-state index contributed by atoms with van der Waals surface area (Å²) in [5.41, 5.74) is 5.61. The van der Waals surface area contributed by atoms with Crippen LogP contribution in [0.3, 0.4) is 0 Å². The number of hydrogen-bond donors (Lipinski definition) is 1. The molecule has 6 nitrogen and oxygen atoms in total. The number of carbonyl (C=O) groups excluding carboxylic acids is 1. The fraction of sp³-hybridized carbons (Fsp3) is 0.786. The van der Waals surface area contributed by atoms with Crippen LogP contribution in [0.2, 0.25) is 0 Å². The first-order valence-corrected chi connectivity index (χ1v) is 8.68. The molecule has 1 saturated heterocycles. The van der Waals surface area contributed by atoms with Crippen LogP contribution in [0.15, 0.2) is 5.16 Å². The Morgan fingerprint density at radius 3 is 2.95 bits per heavy atom. The summed E-state index contributed by atoms with van der Waals surface area (Å²) in [6.07, 6.45) is 4.53. The summed E-state index contributed by atoms with van der Waals surface area (Å²) in [6.45, 7) is 6.20. The lowest BCUT2D eigenvalue weighted by Crippen LogP contribution is -2.44. The molecule has 118 valence electrons. The SMILES string of the molecule is CCC1CCCCN1C(=O)CSc1nnc(C)n1CCN. The summed E-state index contributed by atoms with van der Waals surface area (Å²) >= 11 is 1.46. The highest BCUT2D eigenvalue weighted by molar-refractivity contribution is 7.99. The highest BCUT2D eigenvalue weighted by atomic mass is 32.2. The van der Waals surface area contributed by atoms with Crippen molar-refractivity contribution in [3.05, 3.63) is 5.82 Å². The molecule has 0 aromatic carbocycles. The van der Waals surface area contributed by atoms with Gasteiger partial charge in [-0.2, -0.15) is 0 Å². The molecule has 1 unspecified atom stereocenters. The highest BCUT2D eigenvalue weighted by Crippen LogP contribution is 2.22. The largest absolute Gasteiger partial charge is 0.339 e. The third kappa shape index (κ3) is 3.97. The Morgan fingerprint density at radius 1 is 1.43 bits per heavy atom. The molecule has 0 spiro atoms. The Morgan fingerprint density at radius 2 is 2.24 bits per heavy atom. The van der Waals surface area contributed by atoms with Crippen LogP contribution in [0.25, 0.3) is 0 Å². The van der Waals surface area contributed by atoms with E-state index < -0.39 is 0 Å². The number of aryl methyl sites for hydroxylation is 1. The highest BCUT2D eigenvalue weighted by Gasteiger charge is 2.25. The summed E-state index contributed by atoms with van der Waals surface area (Å²) in [6, 6.07) is 0.412. The molecule has 21 heavy (non-hydrogen) atoms. The molecular formula is C14H25N5OS. The zero-order valence-corrected chi connectivity index (χ0v) is 13.7. The van der Waals surface area contributed by atoms with Crippen LogP contribution in [-0.2, 0) is 11.3 Å². The maximum Gasteiger partial charge on any atom is 0.233 e. The topological polar surface area (TPSA) is 77.0 Å². The van der Waals surface area contributed by atoms with Gasteiger partial charge in [-0.15, -0.1) is 10.2 Å². The summed E-state index contributed by atoms with van der Waals surface area (Å²) in [5, 5.41) is 9.00. The quantitative estimate of drug-likeness (QED) is 0.804. The molecule has 1 aromatic heterocycles. The van der Waals surface area contributed by atoms with Crippen molar-refractivity contribution in [3.63, 3.8) is 0 Å². The van der Waals surface area contributed by atoms with E-state index >= 15 is 0 Å². The standard InChI is InChI=1S/C14H25N5OS/c1-3-12-6-4-5-8-19(12)13(20)10-21-14-17-16-11(2)18(14)9-7-15/h12H,3-10,15H2,1-2H3. The molecule has 1 fully saturated rings. The van der Waals surface area contributed by atoms with E-state index in [9.17, 15) is 4.79 Å². The third-order valence-corrected chi connectivity index (χ3v) is 4.95. The van der Waals surface area contributed by atoms with E-state index in [-0.39, 0.29) is 5.91 Å². The number of piperidine rings is 1. The van der Waals surface area contributed by atoms with Crippen molar-refractivity contribution in [2.24, 2.45) is 5.73 Å². The van der Waals surface area contributed by atoms with Gasteiger partial charge < -0.3 is 15.2 Å². The minimum Gasteiger partial charge on any atom is -0.339 e. The summed E-state index contributed by atoms with van der Waals surface area (Å²) < 4.78 is 1.98. The van der Waals surface area contributed by atoms with E-state index in [0.717, 1.165) is 36.8 Å². The first-order chi connectivity index (χ1) is 10.2. The van der Waals surface area contributed by atoms with Gasteiger partial charge in [0.2, 0.25) is 5.91 Å². The molecule has 2 rings (SSSR count). The molecule has 0 saturated carbocycles. The second kappa shape index (κ2) is 7.79. The molecule has 1 amide bonds. The van der Waals surface area contributed by atoms with Crippen molar-refractivity contribution < 1.29 is 4.79 Å². The number of amides is 1. The number of aromatic nitrogens is 3. The van der Waals surface area contributed by atoms with Crippen LogP contribution in [0.1, 0.15) is 38.4 Å². The van der Waals surface area contributed by atoms with E-state index in [1.807, 2.05) is 16.4 Å². The minimum absolute atomic E-state index is 0.214. The van der Waals surface area contributed by atoms with Crippen LogP contribution >= 0.6 is 11.8 Å². The lowest BCUT2D eigenvalue weighted by molar-refractivity contribution is -0.132. The smallest absolute Gasteiger partial charge is 0.233 e. The Kier molecular flexibility index (Phi) is 6.05. The Balaban J connectivity index is 1.94. The maximum atomic E-state index is 12.4. The monoisotopic (exact) mass is 311 g/mol. The van der Waals surface area contributed by atoms with Crippen molar-refractivity contribution in [2.45, 2.75) is 57.3 Å². The molecule has 1 aliphatic heterocycles. The van der Waals surface area contributed by atoms with Crippen LogP contribution in [0.4, 0.5) is 0 Å². The van der Waals surface area contributed by atoms with Gasteiger partial charge in [0.15, 0.2) is 5.16 Å². The molecule has 7 heteroatoms. The summed E-state index contributed by atoms with van der Waals surface area (Å²) in [5.74, 6) is 1.49. The Bertz CT molecular complexity index is 476. The van der Waals surface area contributed by atoms with E-state index in [1.165, 1.54) is 18.2 Å². The normalized spacial score (nSPS) is 19.0. The van der Waals surface area contributed by atoms with Gasteiger partial charge in [-0.1, -0.05) is 18.7 Å². The number of nitrogens with zero attached hydrogens (tertiary/aromatic N) is 4. The second-order valence-corrected chi connectivity index (χ2v) is 6.35. The van der Waals surface area contributed by atoms with Crippen molar-refractivity contribution in [1.82, 2.24) is 19.7 Å². The lowest BCUT2D eigenvalue weighted by atomic mass is 10.0. The van der Waals surface area contributed by atoms with Gasteiger partial charge in [0, 0.05) is 25.7 Å². The fourth-order valence-corrected chi connectivity index (χ4v) is 3.71. The number of likely N-dealkylation sites (tertiary alicyclic amines) is 1. The second-order valence-electron chi connectivity index (χ2n) is 5.40. The number of carbonyl (C=O) groups is 1. The first kappa shape index (κ1) is 16.3. The average molecular weight is 311 g/mol. The maximum absolute atomic E-state index is 12.4. The van der Waals surface area contributed by atoms with Crippen LogP contribution in [0, 0.1) is 6.92 Å². The van der Waals surface area contributed by atoms with Gasteiger partial charge in [-0.25, -0.2) is 0 Å². The number of rotatable bonds is 6. The fourth-order valence-electron chi connectivity index (χ4n) is 2.82. The van der Waals surface area contributed by atoms with E-state index in [1.54, 1.807) is 0 Å². The predicted molar refractivity (Wildman–Crippen MR) is 84.2 cm³/mol. The molecule has 1 aromatic rings. The van der Waals surface area contributed by atoms with E-state index in [4.69, 9.17) is 5.73 Å². The molecule has 1 aliphatic rings. The molecule has 0 radical (unpaired) electrons. The van der Waals surface area contributed by atoms with E-state index in [0.29, 0.717) is 24.9 Å². The van der Waals surface area contributed by atoms with Gasteiger partial charge in [0.25, 0.3) is 0 Å². The minimum atomic E-state index is 0.214. The van der Waals surface area contributed by atoms with Gasteiger partial charge in [-0.3, -0.25) is 4.79 Å². The molecule has 0 bridgehead atoms. The van der Waals surface area contributed by atoms with Crippen molar-refractivity contribution in [2.75, 3.05) is 18.8 Å². The van der Waals surface area contributed by atoms with Crippen LogP contribution < -0.4 is 5.73 Å². The van der Waals surface area contributed by atoms with Crippen molar-refractivity contribution in [3.8, 4) is 0 Å². The number of nitrogens with two attached hydrogens (primary N) is 1. The summed E-state index contributed by atoms with van der Waals surface area (Å²) in [4.78, 5) is 14.5. The number of thioether (sulfide) groups is 1. The zero-order valence-electron chi connectivity index (χ0n) is 12.9. The van der Waals surface area contributed by atoms with Crippen LogP contribution in [0.5, 0.6) is 0 Å². The van der Waals surface area contributed by atoms with Crippen molar-refractivity contribution in [1.29, 1.82) is 0 Å². The molecule has 2 heterocycles. The molecule has 2 N–H and O–H groups in total. The predicted octanol–water partition coefficient (Wildman–Crippen LogP) is 1.43. The lowest BCUT2D eigenvalue weighted by Gasteiger charge is -2.35. The van der Waals surface area contributed by atoms with Gasteiger partial charge in [-0.05, 0) is 32.6 Å². The molecular weight excluding hydrogens is 286 g/mol. The Labute approximate surface area is 130 Å². The average Bonchev–Trinajstić information content (AvgIpc) is 2.86. The third-order valence-electron chi connectivity index (χ3n) is 4.00. The first-order valence-electron chi connectivity index (χ1n) is 7.69. The van der Waals surface area contributed by atoms with Gasteiger partial charge in [0.05, 0.1) is 5.75 Å².